The minimum Gasteiger partial charge on any atom is -0.462 e. The third-order valence-electron chi connectivity index (χ3n) is 6.28. The van der Waals surface area contributed by atoms with Gasteiger partial charge in [0.15, 0.2) is 0 Å². The summed E-state index contributed by atoms with van der Waals surface area (Å²) in [6, 6.07) is 0. The van der Waals surface area contributed by atoms with Gasteiger partial charge in [-0.15, -0.1) is 0 Å². The van der Waals surface area contributed by atoms with E-state index in [1.165, 1.54) is 19.9 Å². The lowest BCUT2D eigenvalue weighted by molar-refractivity contribution is -0.223. The molecule has 140 valence electrons. The summed E-state index contributed by atoms with van der Waals surface area (Å²) in [7, 11) is 0. The highest BCUT2D eigenvalue weighted by Crippen LogP contribution is 2.62. The maximum absolute atomic E-state index is 11.7. The van der Waals surface area contributed by atoms with Crippen LogP contribution >= 0.6 is 0 Å². The summed E-state index contributed by atoms with van der Waals surface area (Å²) in [5.41, 5.74) is -1.78. The lowest BCUT2D eigenvalue weighted by Gasteiger charge is -2.63. The minimum absolute atomic E-state index is 0.223. The van der Waals surface area contributed by atoms with Gasteiger partial charge in [-0.2, -0.15) is 0 Å². The van der Waals surface area contributed by atoms with Gasteiger partial charge in [0, 0.05) is 25.2 Å². The van der Waals surface area contributed by atoms with Crippen LogP contribution in [-0.2, 0) is 19.1 Å². The highest BCUT2D eigenvalue weighted by Gasteiger charge is 2.66. The van der Waals surface area contributed by atoms with Crippen molar-refractivity contribution in [1.29, 1.82) is 0 Å². The Balaban J connectivity index is 2.70. The van der Waals surface area contributed by atoms with E-state index >= 15 is 0 Å². The van der Waals surface area contributed by atoms with Gasteiger partial charge in [0.25, 0.3) is 0 Å². The predicted molar refractivity (Wildman–Crippen MR) is 94.6 cm³/mol. The van der Waals surface area contributed by atoms with E-state index < -0.39 is 23.2 Å². The third kappa shape index (κ3) is 2.92. The lowest BCUT2D eigenvalue weighted by Crippen LogP contribution is -2.68. The summed E-state index contributed by atoms with van der Waals surface area (Å²) in [6.07, 6.45) is 3.78. The zero-order valence-corrected chi connectivity index (χ0v) is 16.1. The second-order valence-electron chi connectivity index (χ2n) is 8.28. The van der Waals surface area contributed by atoms with E-state index in [0.717, 1.165) is 6.42 Å². The molecule has 1 fully saturated rings. The molecule has 0 saturated heterocycles. The molecule has 0 aliphatic heterocycles. The summed E-state index contributed by atoms with van der Waals surface area (Å²) in [4.78, 5) is 23.4. The minimum atomic E-state index is -1.36. The molecule has 2 aliphatic rings. The molecule has 0 spiro atoms. The summed E-state index contributed by atoms with van der Waals surface area (Å²) in [5, 5.41) is 11.6. The average molecular weight is 350 g/mol. The van der Waals surface area contributed by atoms with Gasteiger partial charge in [0.05, 0.1) is 0 Å². The Morgan fingerprint density at radius 2 is 1.80 bits per heavy atom. The van der Waals surface area contributed by atoms with Crippen molar-refractivity contribution in [2.24, 2.45) is 16.7 Å². The number of carbonyl (C=O) groups is 2. The van der Waals surface area contributed by atoms with Crippen LogP contribution in [0.25, 0.3) is 0 Å². The lowest BCUT2D eigenvalue weighted by atomic mass is 9.45. The molecule has 0 amide bonds. The fourth-order valence-electron chi connectivity index (χ4n) is 5.19. The van der Waals surface area contributed by atoms with Gasteiger partial charge < -0.3 is 14.6 Å². The summed E-state index contributed by atoms with van der Waals surface area (Å²) < 4.78 is 11.3. The van der Waals surface area contributed by atoms with Crippen LogP contribution in [0.5, 0.6) is 0 Å². The molecular formula is C20H30O5. The molecule has 0 heterocycles. The van der Waals surface area contributed by atoms with Crippen molar-refractivity contribution >= 4 is 11.9 Å². The van der Waals surface area contributed by atoms with Crippen LogP contribution in [0, 0.1) is 16.7 Å². The molecule has 2 aliphatic carbocycles. The van der Waals surface area contributed by atoms with Gasteiger partial charge >= 0.3 is 11.9 Å². The molecule has 5 nitrogen and oxygen atoms in total. The Kier molecular flexibility index (Phi) is 4.94. The molecule has 25 heavy (non-hydrogen) atoms. The van der Waals surface area contributed by atoms with Crippen LogP contribution in [0.1, 0.15) is 54.4 Å². The number of fused-ring (bicyclic) bond motifs is 1. The number of carbonyl (C=O) groups excluding carboxylic acids is 2. The van der Waals surface area contributed by atoms with E-state index in [4.69, 9.17) is 9.47 Å². The van der Waals surface area contributed by atoms with Crippen molar-refractivity contribution in [2.45, 2.75) is 72.2 Å². The molecule has 0 bridgehead atoms. The first-order valence-electron chi connectivity index (χ1n) is 8.79. The summed E-state index contributed by atoms with van der Waals surface area (Å²) in [5.74, 6) is -0.980. The van der Waals surface area contributed by atoms with Crippen LogP contribution in [0.15, 0.2) is 24.3 Å². The molecule has 1 saturated carbocycles. The normalized spacial score (nSPS) is 39.6. The van der Waals surface area contributed by atoms with E-state index in [9.17, 15) is 14.7 Å². The van der Waals surface area contributed by atoms with Crippen LogP contribution in [0.2, 0.25) is 0 Å². The Morgan fingerprint density at radius 3 is 2.28 bits per heavy atom. The monoisotopic (exact) mass is 350 g/mol. The summed E-state index contributed by atoms with van der Waals surface area (Å²) in [6.45, 7) is 14.5. The Bertz CT molecular complexity index is 620. The van der Waals surface area contributed by atoms with Crippen molar-refractivity contribution in [3.05, 3.63) is 24.3 Å². The van der Waals surface area contributed by atoms with Gasteiger partial charge in [-0.05, 0) is 36.8 Å². The molecule has 0 radical (unpaired) electrons. The molecule has 1 N–H and O–H groups in total. The first kappa shape index (κ1) is 19.7. The van der Waals surface area contributed by atoms with E-state index in [1.54, 1.807) is 6.92 Å². The van der Waals surface area contributed by atoms with Crippen molar-refractivity contribution < 1.29 is 24.2 Å². The Labute approximate surface area is 150 Å². The second-order valence-corrected chi connectivity index (χ2v) is 8.28. The number of hydrogen-bond donors (Lipinski definition) is 1. The maximum atomic E-state index is 11.7. The predicted octanol–water partition coefficient (Wildman–Crippen LogP) is 3.17. The first-order chi connectivity index (χ1) is 11.4. The van der Waals surface area contributed by atoms with Crippen LogP contribution in [0.3, 0.4) is 0 Å². The molecule has 0 unspecified atom stereocenters. The van der Waals surface area contributed by atoms with Crippen LogP contribution in [0.4, 0.5) is 0 Å². The number of aliphatic hydroxyl groups is 1. The van der Waals surface area contributed by atoms with Crippen molar-refractivity contribution in [1.82, 2.24) is 0 Å². The molecule has 0 aromatic rings. The highest BCUT2D eigenvalue weighted by atomic mass is 16.6. The van der Waals surface area contributed by atoms with Crippen molar-refractivity contribution in [3.63, 3.8) is 0 Å². The van der Waals surface area contributed by atoms with E-state index in [1.807, 2.05) is 13.0 Å². The number of ether oxygens (including phenoxy) is 2. The molecule has 2 rings (SSSR count). The van der Waals surface area contributed by atoms with Gasteiger partial charge in [0.2, 0.25) is 0 Å². The highest BCUT2D eigenvalue weighted by molar-refractivity contribution is 5.67. The van der Waals surface area contributed by atoms with Crippen LogP contribution < -0.4 is 0 Å². The molecule has 5 heteroatoms. The van der Waals surface area contributed by atoms with E-state index in [0.29, 0.717) is 12.0 Å². The van der Waals surface area contributed by atoms with E-state index in [2.05, 4.69) is 20.4 Å². The van der Waals surface area contributed by atoms with Gasteiger partial charge in [-0.3, -0.25) is 9.59 Å². The summed E-state index contributed by atoms with van der Waals surface area (Å²) >= 11 is 0. The fourth-order valence-corrected chi connectivity index (χ4v) is 5.19. The second kappa shape index (κ2) is 6.27. The topological polar surface area (TPSA) is 72.8 Å². The van der Waals surface area contributed by atoms with E-state index in [-0.39, 0.29) is 23.3 Å². The number of rotatable bonds is 3. The van der Waals surface area contributed by atoms with Crippen LogP contribution in [-0.4, -0.2) is 34.9 Å². The number of esters is 2. The SMILES string of the molecule is C=C[C@]1(O)C(C)=C[C@@H](OC(C)=O)[C@H]2C(C)(C)CC[C@H](OC(C)=O)[C@@]21C. The zero-order valence-electron chi connectivity index (χ0n) is 16.1. The average Bonchev–Trinajstić information content (AvgIpc) is 2.46. The quantitative estimate of drug-likeness (QED) is 0.625. The Hall–Kier alpha value is -1.62. The number of hydrogen-bond acceptors (Lipinski definition) is 5. The van der Waals surface area contributed by atoms with Gasteiger partial charge in [-0.1, -0.05) is 33.4 Å². The van der Waals surface area contributed by atoms with Gasteiger partial charge in [-0.25, -0.2) is 0 Å². The largest absolute Gasteiger partial charge is 0.462 e. The zero-order chi connectivity index (χ0) is 19.2. The van der Waals surface area contributed by atoms with Crippen molar-refractivity contribution in [2.75, 3.05) is 0 Å². The van der Waals surface area contributed by atoms with Crippen molar-refractivity contribution in [3.8, 4) is 0 Å². The first-order valence-corrected chi connectivity index (χ1v) is 8.79. The fraction of sp³-hybridized carbons (Fsp3) is 0.700. The van der Waals surface area contributed by atoms with Gasteiger partial charge in [0.1, 0.15) is 17.8 Å². The molecular weight excluding hydrogens is 320 g/mol. The maximum Gasteiger partial charge on any atom is 0.303 e. The molecule has 5 atom stereocenters. The smallest absolute Gasteiger partial charge is 0.303 e. The standard InChI is InChI=1S/C20H30O5/c1-8-20(23)12(2)11-15(24-13(3)21)17-18(5,6)10-9-16(19(17,20)7)25-14(4)22/h8,11,15-17,23H,1,9-10H2,2-7H3/t15-,16+,17+,19+,20+/m1/s1. The molecule has 0 aromatic heterocycles. The third-order valence-corrected chi connectivity index (χ3v) is 6.28. The molecule has 0 aromatic carbocycles. The Morgan fingerprint density at radius 1 is 1.24 bits per heavy atom.